The summed E-state index contributed by atoms with van der Waals surface area (Å²) in [6.07, 6.45) is 0. The van der Waals surface area contributed by atoms with Crippen LogP contribution in [0.25, 0.3) is 33.3 Å². The first-order valence-corrected chi connectivity index (χ1v) is 12.5. The fourth-order valence-corrected chi connectivity index (χ4v) is 4.62. The van der Waals surface area contributed by atoms with Gasteiger partial charge in [0.2, 0.25) is 5.89 Å². The average molecular weight is 550 g/mol. The number of carbonyl (C=O) groups is 1. The maximum atomic E-state index is 12.3. The summed E-state index contributed by atoms with van der Waals surface area (Å²) >= 11 is 17.8. The van der Waals surface area contributed by atoms with Crippen molar-refractivity contribution in [3.63, 3.8) is 0 Å². The zero-order chi connectivity index (χ0) is 26.1. The number of ether oxygens (including phenoxy) is 1. The highest BCUT2D eigenvalue weighted by molar-refractivity contribution is 7.80. The number of aromatic nitrogens is 1. The highest BCUT2D eigenvalue weighted by atomic mass is 35.5. The van der Waals surface area contributed by atoms with Gasteiger partial charge in [-0.1, -0.05) is 47.5 Å². The van der Waals surface area contributed by atoms with E-state index in [-0.39, 0.29) is 17.6 Å². The highest BCUT2D eigenvalue weighted by Crippen LogP contribution is 2.34. The van der Waals surface area contributed by atoms with Crippen molar-refractivity contribution >= 4 is 74.0 Å². The van der Waals surface area contributed by atoms with Gasteiger partial charge in [0.1, 0.15) is 11.3 Å². The molecule has 0 spiro atoms. The summed E-state index contributed by atoms with van der Waals surface area (Å²) < 4.78 is 11.6. The Labute approximate surface area is 228 Å². The molecule has 0 aliphatic heterocycles. The Morgan fingerprint density at radius 3 is 2.51 bits per heavy atom. The minimum absolute atomic E-state index is 0.142. The van der Waals surface area contributed by atoms with Gasteiger partial charge in [-0.2, -0.15) is 0 Å². The van der Waals surface area contributed by atoms with Crippen LogP contribution in [-0.4, -0.2) is 22.6 Å². The zero-order valence-corrected chi connectivity index (χ0v) is 22.2. The minimum Gasteiger partial charge on any atom is -0.484 e. The molecular weight excluding hydrogens is 529 g/mol. The van der Waals surface area contributed by atoms with Crippen LogP contribution in [0.3, 0.4) is 0 Å². The standard InChI is InChI=1S/C28H21Cl2N3O3S/c1-15-11-18(12-16(2)26(15)30)35-14-25(34)33-28(37)31-17-9-10-24-23(13-17)32-27(36-24)21-7-3-6-20-19(21)5-4-8-22(20)29/h3-13H,14H2,1-2H3,(H2,31,33,34,37). The number of aryl methyl sites for hydroxylation is 2. The number of benzene rings is 4. The summed E-state index contributed by atoms with van der Waals surface area (Å²) in [5, 5.41) is 8.99. The van der Waals surface area contributed by atoms with Gasteiger partial charge in [-0.3, -0.25) is 10.1 Å². The van der Waals surface area contributed by atoms with Crippen molar-refractivity contribution < 1.29 is 13.9 Å². The number of halogens is 2. The van der Waals surface area contributed by atoms with Gasteiger partial charge in [0.25, 0.3) is 5.91 Å². The Morgan fingerprint density at radius 1 is 1.00 bits per heavy atom. The second-order valence-electron chi connectivity index (χ2n) is 8.50. The maximum Gasteiger partial charge on any atom is 0.264 e. The van der Waals surface area contributed by atoms with Gasteiger partial charge >= 0.3 is 0 Å². The van der Waals surface area contributed by atoms with Crippen LogP contribution in [0.1, 0.15) is 11.1 Å². The summed E-state index contributed by atoms with van der Waals surface area (Å²) in [7, 11) is 0. The molecule has 1 heterocycles. The molecule has 4 aromatic carbocycles. The van der Waals surface area contributed by atoms with E-state index in [0.29, 0.717) is 38.5 Å². The molecule has 0 aliphatic rings. The number of nitrogens with zero attached hydrogens (tertiary/aromatic N) is 1. The Kier molecular flexibility index (Phi) is 7.02. The molecule has 0 atom stereocenters. The van der Waals surface area contributed by atoms with Crippen LogP contribution in [0.2, 0.25) is 10.0 Å². The summed E-state index contributed by atoms with van der Waals surface area (Å²) in [5.41, 5.74) is 4.53. The fraction of sp³-hybridized carbons (Fsp3) is 0.107. The summed E-state index contributed by atoms with van der Waals surface area (Å²) in [4.78, 5) is 17.0. The van der Waals surface area contributed by atoms with Crippen molar-refractivity contribution in [1.29, 1.82) is 0 Å². The van der Waals surface area contributed by atoms with E-state index in [0.717, 1.165) is 27.5 Å². The summed E-state index contributed by atoms with van der Waals surface area (Å²) in [6, 6.07) is 20.5. The number of carbonyl (C=O) groups excluding carboxylic acids is 1. The predicted molar refractivity (Wildman–Crippen MR) is 153 cm³/mol. The van der Waals surface area contributed by atoms with Crippen molar-refractivity contribution in [2.75, 3.05) is 11.9 Å². The van der Waals surface area contributed by atoms with Crippen molar-refractivity contribution in [3.8, 4) is 17.2 Å². The zero-order valence-electron chi connectivity index (χ0n) is 19.9. The van der Waals surface area contributed by atoms with Crippen molar-refractivity contribution in [3.05, 3.63) is 87.9 Å². The van der Waals surface area contributed by atoms with E-state index in [4.69, 9.17) is 44.6 Å². The lowest BCUT2D eigenvalue weighted by molar-refractivity contribution is -0.121. The van der Waals surface area contributed by atoms with E-state index in [9.17, 15) is 4.79 Å². The number of anilines is 1. The van der Waals surface area contributed by atoms with Crippen molar-refractivity contribution in [2.45, 2.75) is 13.8 Å². The second-order valence-corrected chi connectivity index (χ2v) is 9.70. The van der Waals surface area contributed by atoms with Crippen LogP contribution in [0.15, 0.2) is 71.1 Å². The van der Waals surface area contributed by atoms with Crippen molar-refractivity contribution in [1.82, 2.24) is 10.3 Å². The van der Waals surface area contributed by atoms with Crippen LogP contribution in [0.5, 0.6) is 5.75 Å². The average Bonchev–Trinajstić information content (AvgIpc) is 3.29. The molecule has 6 nitrogen and oxygen atoms in total. The van der Waals surface area contributed by atoms with Gasteiger partial charge in [0, 0.05) is 26.7 Å². The van der Waals surface area contributed by atoms with Crippen molar-refractivity contribution in [2.24, 2.45) is 0 Å². The van der Waals surface area contributed by atoms with E-state index < -0.39 is 0 Å². The van der Waals surface area contributed by atoms with E-state index in [1.54, 1.807) is 30.3 Å². The van der Waals surface area contributed by atoms with E-state index in [2.05, 4.69) is 15.6 Å². The van der Waals surface area contributed by atoms with Gasteiger partial charge in [0.05, 0.1) is 0 Å². The normalized spacial score (nSPS) is 11.0. The number of hydrogen-bond acceptors (Lipinski definition) is 5. The highest BCUT2D eigenvalue weighted by Gasteiger charge is 2.14. The Hall–Kier alpha value is -3.65. The fourth-order valence-electron chi connectivity index (χ4n) is 4.04. The maximum absolute atomic E-state index is 12.3. The molecular formula is C28H21Cl2N3O3S. The second kappa shape index (κ2) is 10.4. The minimum atomic E-state index is -0.387. The largest absolute Gasteiger partial charge is 0.484 e. The van der Waals surface area contributed by atoms with Gasteiger partial charge in [-0.05, 0) is 85.0 Å². The van der Waals surface area contributed by atoms with Crippen LogP contribution in [0.4, 0.5) is 5.69 Å². The molecule has 9 heteroatoms. The van der Waals surface area contributed by atoms with Gasteiger partial charge < -0.3 is 14.5 Å². The molecule has 0 unspecified atom stereocenters. The van der Waals surface area contributed by atoms with Gasteiger partial charge in [-0.25, -0.2) is 4.98 Å². The molecule has 0 aliphatic carbocycles. The summed E-state index contributed by atoms with van der Waals surface area (Å²) in [6.45, 7) is 3.57. The third-order valence-electron chi connectivity index (χ3n) is 5.78. The van der Waals surface area contributed by atoms with Crippen LogP contribution >= 0.6 is 35.4 Å². The monoisotopic (exact) mass is 549 g/mol. The lowest BCUT2D eigenvalue weighted by atomic mass is 10.0. The number of nitrogens with one attached hydrogen (secondary N) is 2. The number of hydrogen-bond donors (Lipinski definition) is 2. The summed E-state index contributed by atoms with van der Waals surface area (Å²) in [5.74, 6) is 0.664. The third-order valence-corrected chi connectivity index (χ3v) is 6.91. The lowest BCUT2D eigenvalue weighted by Crippen LogP contribution is -2.37. The molecule has 0 radical (unpaired) electrons. The molecule has 0 saturated heterocycles. The van der Waals surface area contributed by atoms with Crippen LogP contribution in [0, 0.1) is 13.8 Å². The third kappa shape index (κ3) is 5.39. The molecule has 2 N–H and O–H groups in total. The van der Waals surface area contributed by atoms with E-state index in [1.165, 1.54) is 0 Å². The topological polar surface area (TPSA) is 76.4 Å². The number of thiocarbonyl (C=S) groups is 1. The molecule has 186 valence electrons. The molecule has 0 saturated carbocycles. The SMILES string of the molecule is Cc1cc(OCC(=O)NC(=S)Nc2ccc3oc(-c4cccc5c(Cl)cccc45)nc3c2)cc(C)c1Cl. The van der Waals surface area contributed by atoms with Crippen LogP contribution in [-0.2, 0) is 4.79 Å². The van der Waals surface area contributed by atoms with Gasteiger partial charge in [-0.15, -0.1) is 0 Å². The molecule has 37 heavy (non-hydrogen) atoms. The Bertz CT molecular complexity index is 1660. The smallest absolute Gasteiger partial charge is 0.264 e. The first kappa shape index (κ1) is 25.0. The van der Waals surface area contributed by atoms with E-state index in [1.807, 2.05) is 50.2 Å². The number of amides is 1. The molecule has 0 bridgehead atoms. The predicted octanol–water partition coefficient (Wildman–Crippen LogP) is 7.46. The molecule has 0 fully saturated rings. The first-order chi connectivity index (χ1) is 17.8. The number of oxazole rings is 1. The molecule has 1 amide bonds. The molecule has 1 aromatic heterocycles. The quantitative estimate of drug-likeness (QED) is 0.221. The molecule has 5 rings (SSSR count). The van der Waals surface area contributed by atoms with Gasteiger partial charge in [0.15, 0.2) is 17.3 Å². The lowest BCUT2D eigenvalue weighted by Gasteiger charge is -2.12. The Balaban J connectivity index is 1.26. The number of rotatable bonds is 5. The first-order valence-electron chi connectivity index (χ1n) is 11.4. The van der Waals surface area contributed by atoms with E-state index >= 15 is 0 Å². The molecule has 5 aromatic rings. The van der Waals surface area contributed by atoms with Crippen LogP contribution < -0.4 is 15.4 Å². The number of fused-ring (bicyclic) bond motifs is 2. The Morgan fingerprint density at radius 2 is 1.73 bits per heavy atom.